The Morgan fingerprint density at radius 3 is 2.46 bits per heavy atom. The van der Waals surface area contributed by atoms with E-state index in [2.05, 4.69) is 11.1 Å². The Kier molecular flexibility index (Phi) is 5.25. The van der Waals surface area contributed by atoms with Gasteiger partial charge in [0.2, 0.25) is 0 Å². The van der Waals surface area contributed by atoms with E-state index in [9.17, 15) is 5.11 Å². The fraction of sp³-hybridized carbons (Fsp3) is 0.0500. The summed E-state index contributed by atoms with van der Waals surface area (Å²) in [4.78, 5) is 4.53. The topological polar surface area (TPSA) is 41.8 Å². The van der Waals surface area contributed by atoms with Crippen LogP contribution in [0.5, 0.6) is 11.5 Å². The zero-order valence-electron chi connectivity index (χ0n) is 13.3. The second kappa shape index (κ2) is 7.76. The van der Waals surface area contributed by atoms with Crippen LogP contribution in [0, 0.1) is 0 Å². The summed E-state index contributed by atoms with van der Waals surface area (Å²) in [6.45, 7) is 0. The van der Waals surface area contributed by atoms with Crippen molar-refractivity contribution < 1.29 is 9.84 Å². The summed E-state index contributed by atoms with van der Waals surface area (Å²) in [5.74, 6) is 1.02. The normalized spacial score (nSPS) is 11.4. The van der Waals surface area contributed by atoms with Gasteiger partial charge in [-0.15, -0.1) is 0 Å². The first-order valence-electron chi connectivity index (χ1n) is 7.58. The lowest BCUT2D eigenvalue weighted by Gasteiger charge is -2.09. The number of para-hydroxylation sites is 1. The van der Waals surface area contributed by atoms with Gasteiger partial charge in [0.15, 0.2) is 0 Å². The van der Waals surface area contributed by atoms with Crippen molar-refractivity contribution in [2.75, 3.05) is 7.11 Å². The van der Waals surface area contributed by atoms with Crippen LogP contribution in [-0.2, 0) is 0 Å². The molecule has 0 aliphatic heterocycles. The van der Waals surface area contributed by atoms with E-state index >= 15 is 0 Å². The van der Waals surface area contributed by atoms with Gasteiger partial charge in [0.25, 0.3) is 0 Å². The molecule has 0 spiro atoms. The molecule has 0 bridgehead atoms. The number of ether oxygens (including phenoxy) is 1. The van der Waals surface area contributed by atoms with Gasteiger partial charge in [0.05, 0.1) is 12.8 Å². The van der Waals surface area contributed by atoms with Gasteiger partial charge in [0, 0.05) is 17.1 Å². The van der Waals surface area contributed by atoms with Gasteiger partial charge in [-0.2, -0.15) is 0 Å². The molecule has 0 aliphatic carbocycles. The maximum absolute atomic E-state index is 10.1. The summed E-state index contributed by atoms with van der Waals surface area (Å²) < 4.78 is 5.25. The van der Waals surface area contributed by atoms with Crippen LogP contribution in [0.2, 0.25) is 0 Å². The van der Waals surface area contributed by atoms with Crippen molar-refractivity contribution >= 4 is 31.1 Å². The minimum atomic E-state index is 0.281. The van der Waals surface area contributed by atoms with Gasteiger partial charge in [-0.25, -0.2) is 0 Å². The van der Waals surface area contributed by atoms with Crippen LogP contribution >= 0.6 is 8.58 Å². The Balaban J connectivity index is 1.88. The maximum atomic E-state index is 10.1. The number of nitrogens with zero attached hydrogens (tertiary/aromatic N) is 1. The third-order valence-electron chi connectivity index (χ3n) is 3.54. The van der Waals surface area contributed by atoms with Crippen molar-refractivity contribution in [2.24, 2.45) is 4.99 Å². The Labute approximate surface area is 143 Å². The Morgan fingerprint density at radius 2 is 1.67 bits per heavy atom. The van der Waals surface area contributed by atoms with Crippen LogP contribution in [0.4, 0.5) is 5.69 Å². The number of benzene rings is 3. The zero-order valence-corrected chi connectivity index (χ0v) is 14.3. The molecule has 3 aromatic rings. The van der Waals surface area contributed by atoms with Crippen LogP contribution in [0.15, 0.2) is 77.8 Å². The number of phenolic OH excluding ortho intramolecular Hbond substituents is 1. The highest BCUT2D eigenvalue weighted by molar-refractivity contribution is 7.56. The Hall–Kier alpha value is -2.64. The van der Waals surface area contributed by atoms with E-state index in [4.69, 9.17) is 4.74 Å². The number of rotatable bonds is 5. The molecule has 0 saturated heterocycles. The molecule has 3 rings (SSSR count). The molecule has 120 valence electrons. The largest absolute Gasteiger partial charge is 0.507 e. The van der Waals surface area contributed by atoms with Gasteiger partial charge < -0.3 is 9.84 Å². The lowest BCUT2D eigenvalue weighted by Crippen LogP contribution is -2.09. The Bertz CT molecular complexity index is 847. The molecule has 0 heterocycles. The predicted octanol–water partition coefficient (Wildman–Crippen LogP) is 3.78. The summed E-state index contributed by atoms with van der Waals surface area (Å²) in [5.41, 5.74) is 1.96. The van der Waals surface area contributed by atoms with Crippen molar-refractivity contribution in [2.45, 2.75) is 0 Å². The van der Waals surface area contributed by atoms with Crippen molar-refractivity contribution in [3.8, 4) is 11.5 Å². The second-order valence-corrected chi connectivity index (χ2v) is 6.52. The van der Waals surface area contributed by atoms with Crippen molar-refractivity contribution in [3.63, 3.8) is 0 Å². The second-order valence-electron chi connectivity index (χ2n) is 5.19. The molecule has 0 aliphatic rings. The highest BCUT2D eigenvalue weighted by Crippen LogP contribution is 2.23. The summed E-state index contributed by atoms with van der Waals surface area (Å²) in [7, 11) is 1.94. The standard InChI is InChI=1S/C20H18NO2P/c1-23-17-11-12-18(22)20(13-17)24-19-10-6-5-7-15(19)14-21-16-8-3-2-4-9-16/h2-14,22,24H,1H3/b21-14+. The quantitative estimate of drug-likeness (QED) is 0.569. The molecule has 3 nitrogen and oxygen atoms in total. The van der Waals surface area contributed by atoms with Crippen molar-refractivity contribution in [1.82, 2.24) is 0 Å². The molecular weight excluding hydrogens is 317 g/mol. The average molecular weight is 335 g/mol. The van der Waals surface area contributed by atoms with Gasteiger partial charge in [-0.1, -0.05) is 51.0 Å². The smallest absolute Gasteiger partial charge is 0.123 e. The first-order valence-corrected chi connectivity index (χ1v) is 8.58. The van der Waals surface area contributed by atoms with Crippen LogP contribution in [-0.4, -0.2) is 18.4 Å². The molecule has 0 radical (unpaired) electrons. The van der Waals surface area contributed by atoms with Crippen LogP contribution in [0.3, 0.4) is 0 Å². The third-order valence-corrected chi connectivity index (χ3v) is 4.94. The molecule has 4 heteroatoms. The van der Waals surface area contributed by atoms with E-state index in [-0.39, 0.29) is 5.75 Å². The number of aliphatic imine (C=N–C) groups is 1. The van der Waals surface area contributed by atoms with E-state index in [1.165, 1.54) is 0 Å². The third kappa shape index (κ3) is 4.01. The van der Waals surface area contributed by atoms with Crippen LogP contribution in [0.1, 0.15) is 5.56 Å². The lowest BCUT2D eigenvalue weighted by atomic mass is 10.2. The SMILES string of the molecule is COc1ccc(O)c(Pc2ccccc2/C=N/c2ccccc2)c1. The fourth-order valence-corrected chi connectivity index (χ4v) is 3.46. The number of phenols is 1. The highest BCUT2D eigenvalue weighted by Gasteiger charge is 2.07. The lowest BCUT2D eigenvalue weighted by molar-refractivity contribution is 0.413. The zero-order chi connectivity index (χ0) is 16.8. The minimum absolute atomic E-state index is 0.281. The monoisotopic (exact) mass is 335 g/mol. The van der Waals surface area contributed by atoms with Gasteiger partial charge in [-0.3, -0.25) is 4.99 Å². The number of hydrogen-bond acceptors (Lipinski definition) is 3. The molecule has 0 saturated carbocycles. The summed E-state index contributed by atoms with van der Waals surface area (Å²) in [6, 6.07) is 23.2. The highest BCUT2D eigenvalue weighted by atomic mass is 31.1. The van der Waals surface area contributed by atoms with E-state index in [1.54, 1.807) is 19.2 Å². The Morgan fingerprint density at radius 1 is 0.917 bits per heavy atom. The van der Waals surface area contributed by atoms with Crippen molar-refractivity contribution in [1.29, 1.82) is 0 Å². The van der Waals surface area contributed by atoms with E-state index in [0.717, 1.165) is 27.6 Å². The number of aromatic hydroxyl groups is 1. The summed E-state index contributed by atoms with van der Waals surface area (Å²) >= 11 is 0. The van der Waals surface area contributed by atoms with Crippen LogP contribution < -0.4 is 15.3 Å². The van der Waals surface area contributed by atoms with E-state index in [0.29, 0.717) is 8.58 Å². The molecule has 0 aromatic heterocycles. The summed E-state index contributed by atoms with van der Waals surface area (Å²) in [5, 5.41) is 12.1. The summed E-state index contributed by atoms with van der Waals surface area (Å²) in [6.07, 6.45) is 1.87. The molecule has 1 N–H and O–H groups in total. The first kappa shape index (κ1) is 16.2. The van der Waals surface area contributed by atoms with Crippen molar-refractivity contribution in [3.05, 3.63) is 78.4 Å². The molecule has 0 fully saturated rings. The fourth-order valence-electron chi connectivity index (χ4n) is 2.27. The van der Waals surface area contributed by atoms with Crippen LogP contribution in [0.25, 0.3) is 0 Å². The molecule has 3 aromatic carbocycles. The number of methoxy groups -OCH3 is 1. The molecule has 0 amide bonds. The van der Waals surface area contributed by atoms with Gasteiger partial charge in [-0.05, 0) is 35.6 Å². The molecule has 1 unspecified atom stereocenters. The molecule has 1 atom stereocenters. The molecular formula is C20H18NO2P. The first-order chi connectivity index (χ1) is 11.8. The minimum Gasteiger partial charge on any atom is -0.507 e. The predicted molar refractivity (Wildman–Crippen MR) is 102 cm³/mol. The molecule has 24 heavy (non-hydrogen) atoms. The van der Waals surface area contributed by atoms with Gasteiger partial charge in [0.1, 0.15) is 11.5 Å². The number of hydrogen-bond donors (Lipinski definition) is 1. The van der Waals surface area contributed by atoms with E-state index in [1.807, 2.05) is 60.8 Å². The van der Waals surface area contributed by atoms with E-state index < -0.39 is 0 Å². The van der Waals surface area contributed by atoms with Gasteiger partial charge >= 0.3 is 0 Å². The average Bonchev–Trinajstić information content (AvgIpc) is 2.63. The maximum Gasteiger partial charge on any atom is 0.123 e.